The first-order chi connectivity index (χ1) is 8.15. The maximum atomic E-state index is 10.5. The molecule has 0 radical (unpaired) electrons. The van der Waals surface area contributed by atoms with Crippen molar-refractivity contribution >= 4 is 5.97 Å². The van der Waals surface area contributed by atoms with E-state index < -0.39 is 5.97 Å². The molecule has 0 atom stereocenters. The molecule has 0 saturated carbocycles. The third-order valence-electron chi connectivity index (χ3n) is 3.40. The van der Waals surface area contributed by atoms with Crippen molar-refractivity contribution in [2.45, 2.75) is 31.6 Å². The Labute approximate surface area is 101 Å². The lowest BCUT2D eigenvalue weighted by Gasteiger charge is -2.27. The zero-order valence-electron chi connectivity index (χ0n) is 10.1. The predicted molar refractivity (Wildman–Crippen MR) is 64.0 cm³/mol. The highest BCUT2D eigenvalue weighted by Crippen LogP contribution is 2.26. The van der Waals surface area contributed by atoms with Crippen molar-refractivity contribution in [1.29, 1.82) is 0 Å². The first-order valence-electron chi connectivity index (χ1n) is 6.09. The minimum atomic E-state index is -0.763. The lowest BCUT2D eigenvalue weighted by molar-refractivity contribution is -0.136. The molecule has 0 spiro atoms. The topological polar surface area (TPSA) is 69.2 Å². The number of piperidine rings is 1. The number of carbonyl (C=O) groups is 1. The molecule has 0 amide bonds. The van der Waals surface area contributed by atoms with Crippen LogP contribution in [0, 0.1) is 0 Å². The summed E-state index contributed by atoms with van der Waals surface area (Å²) in [6, 6.07) is 2.03. The summed E-state index contributed by atoms with van der Waals surface area (Å²) in [5.41, 5.74) is 2.03. The number of hydrogen-bond acceptors (Lipinski definition) is 3. The zero-order chi connectivity index (χ0) is 12.3. The third kappa shape index (κ3) is 3.30. The molecule has 17 heavy (non-hydrogen) atoms. The van der Waals surface area contributed by atoms with Crippen molar-refractivity contribution < 1.29 is 9.90 Å². The molecular weight excluding hydrogens is 218 g/mol. The van der Waals surface area contributed by atoms with Gasteiger partial charge >= 0.3 is 5.97 Å². The van der Waals surface area contributed by atoms with Gasteiger partial charge in [-0.2, -0.15) is 5.10 Å². The number of carboxylic acid groups (broad SMARTS) is 1. The molecule has 5 nitrogen and oxygen atoms in total. The second-order valence-corrected chi connectivity index (χ2v) is 4.79. The van der Waals surface area contributed by atoms with Gasteiger partial charge in [0.25, 0.3) is 0 Å². The molecule has 0 aromatic carbocycles. The number of nitrogens with zero attached hydrogens (tertiary/aromatic N) is 2. The minimum absolute atomic E-state index is 0.162. The van der Waals surface area contributed by atoms with Crippen LogP contribution in [0.15, 0.2) is 6.07 Å². The molecule has 1 aliphatic rings. The Kier molecular flexibility index (Phi) is 3.78. The SMILES string of the molecule is CN1CCC(c2cc(CCC(=O)O)[nH]n2)CC1. The lowest BCUT2D eigenvalue weighted by atomic mass is 9.93. The number of H-pyrrole nitrogens is 1. The van der Waals surface area contributed by atoms with Crippen molar-refractivity contribution in [3.8, 4) is 0 Å². The van der Waals surface area contributed by atoms with Crippen LogP contribution in [0.4, 0.5) is 0 Å². The van der Waals surface area contributed by atoms with Crippen LogP contribution in [0.1, 0.15) is 36.6 Å². The zero-order valence-corrected chi connectivity index (χ0v) is 10.1. The number of aliphatic carboxylic acids is 1. The summed E-state index contributed by atoms with van der Waals surface area (Å²) >= 11 is 0. The van der Waals surface area contributed by atoms with Crippen molar-refractivity contribution in [2.24, 2.45) is 0 Å². The van der Waals surface area contributed by atoms with Gasteiger partial charge in [0.2, 0.25) is 0 Å². The molecule has 2 N–H and O–H groups in total. The fourth-order valence-electron chi connectivity index (χ4n) is 2.26. The molecule has 2 rings (SSSR count). The summed E-state index contributed by atoms with van der Waals surface area (Å²) < 4.78 is 0. The van der Waals surface area contributed by atoms with Gasteiger partial charge in [-0.15, -0.1) is 0 Å². The first kappa shape index (κ1) is 12.1. The van der Waals surface area contributed by atoms with Gasteiger partial charge in [-0.3, -0.25) is 9.89 Å². The largest absolute Gasteiger partial charge is 0.481 e. The van der Waals surface area contributed by atoms with E-state index in [1.165, 1.54) is 0 Å². The minimum Gasteiger partial charge on any atom is -0.481 e. The van der Waals surface area contributed by atoms with Gasteiger partial charge in [0.1, 0.15) is 0 Å². The number of aromatic nitrogens is 2. The Hall–Kier alpha value is -1.36. The number of nitrogens with one attached hydrogen (secondary N) is 1. The van der Waals surface area contributed by atoms with Gasteiger partial charge in [0, 0.05) is 11.6 Å². The summed E-state index contributed by atoms with van der Waals surface area (Å²) in [5, 5.41) is 15.9. The van der Waals surface area contributed by atoms with Crippen LogP contribution in [-0.4, -0.2) is 46.3 Å². The van der Waals surface area contributed by atoms with Crippen LogP contribution in [0.2, 0.25) is 0 Å². The quantitative estimate of drug-likeness (QED) is 0.826. The van der Waals surface area contributed by atoms with E-state index in [2.05, 4.69) is 22.1 Å². The fraction of sp³-hybridized carbons (Fsp3) is 0.667. The number of likely N-dealkylation sites (tertiary alicyclic amines) is 1. The van der Waals surface area contributed by atoms with Gasteiger partial charge in [-0.1, -0.05) is 0 Å². The molecule has 0 bridgehead atoms. The molecule has 1 aliphatic heterocycles. The highest BCUT2D eigenvalue weighted by Gasteiger charge is 2.20. The Balaban J connectivity index is 1.91. The summed E-state index contributed by atoms with van der Waals surface area (Å²) in [5.74, 6) is -0.235. The summed E-state index contributed by atoms with van der Waals surface area (Å²) in [7, 11) is 2.14. The molecule has 2 heterocycles. The van der Waals surface area contributed by atoms with Crippen LogP contribution in [0.25, 0.3) is 0 Å². The van der Waals surface area contributed by atoms with Gasteiger partial charge in [-0.25, -0.2) is 0 Å². The molecule has 94 valence electrons. The highest BCUT2D eigenvalue weighted by atomic mass is 16.4. The van der Waals surface area contributed by atoms with E-state index in [0.717, 1.165) is 37.3 Å². The van der Waals surface area contributed by atoms with Crippen molar-refractivity contribution in [1.82, 2.24) is 15.1 Å². The van der Waals surface area contributed by atoms with Gasteiger partial charge in [0.15, 0.2) is 0 Å². The Morgan fingerprint density at radius 3 is 2.94 bits per heavy atom. The molecule has 1 aromatic heterocycles. The van der Waals surface area contributed by atoms with Crippen LogP contribution in [0.3, 0.4) is 0 Å². The normalized spacial score (nSPS) is 18.4. The second kappa shape index (κ2) is 5.31. The summed E-state index contributed by atoms with van der Waals surface area (Å²) in [6.45, 7) is 2.23. The van der Waals surface area contributed by atoms with E-state index in [0.29, 0.717) is 12.3 Å². The number of rotatable bonds is 4. The van der Waals surface area contributed by atoms with E-state index >= 15 is 0 Å². The average Bonchev–Trinajstić information content (AvgIpc) is 2.76. The molecule has 0 aliphatic carbocycles. The van der Waals surface area contributed by atoms with E-state index in [4.69, 9.17) is 5.11 Å². The van der Waals surface area contributed by atoms with E-state index in [-0.39, 0.29) is 6.42 Å². The van der Waals surface area contributed by atoms with E-state index in [1.807, 2.05) is 6.07 Å². The van der Waals surface area contributed by atoms with Crippen molar-refractivity contribution in [3.63, 3.8) is 0 Å². The van der Waals surface area contributed by atoms with Crippen molar-refractivity contribution in [3.05, 3.63) is 17.5 Å². The third-order valence-corrected chi connectivity index (χ3v) is 3.40. The monoisotopic (exact) mass is 237 g/mol. The number of carboxylic acids is 1. The Morgan fingerprint density at radius 2 is 2.29 bits per heavy atom. The summed E-state index contributed by atoms with van der Waals surface area (Å²) in [4.78, 5) is 12.8. The highest BCUT2D eigenvalue weighted by molar-refractivity contribution is 5.66. The number of hydrogen-bond donors (Lipinski definition) is 2. The molecule has 1 aromatic rings. The Bertz CT molecular complexity index is 381. The maximum absolute atomic E-state index is 10.5. The van der Waals surface area contributed by atoms with Crippen LogP contribution in [-0.2, 0) is 11.2 Å². The molecule has 1 fully saturated rings. The van der Waals surface area contributed by atoms with Crippen LogP contribution < -0.4 is 0 Å². The van der Waals surface area contributed by atoms with Gasteiger partial charge in [-0.05, 0) is 45.5 Å². The molecule has 5 heteroatoms. The maximum Gasteiger partial charge on any atom is 0.303 e. The standard InChI is InChI=1S/C12H19N3O2/c1-15-6-4-9(5-7-15)11-8-10(13-14-11)2-3-12(16)17/h8-9H,2-7H2,1H3,(H,13,14)(H,16,17). The molecular formula is C12H19N3O2. The average molecular weight is 237 g/mol. The van der Waals surface area contributed by atoms with E-state index in [9.17, 15) is 4.79 Å². The predicted octanol–water partition coefficient (Wildman–Crippen LogP) is 1.24. The van der Waals surface area contributed by atoms with Crippen molar-refractivity contribution in [2.75, 3.05) is 20.1 Å². The Morgan fingerprint density at radius 1 is 1.59 bits per heavy atom. The summed E-state index contributed by atoms with van der Waals surface area (Å²) in [6.07, 6.45) is 2.98. The number of aryl methyl sites for hydroxylation is 1. The second-order valence-electron chi connectivity index (χ2n) is 4.79. The molecule has 0 unspecified atom stereocenters. The van der Waals surface area contributed by atoms with Crippen LogP contribution >= 0.6 is 0 Å². The smallest absolute Gasteiger partial charge is 0.303 e. The van der Waals surface area contributed by atoms with Gasteiger partial charge < -0.3 is 10.0 Å². The van der Waals surface area contributed by atoms with Gasteiger partial charge in [0.05, 0.1) is 12.1 Å². The number of aromatic amines is 1. The lowest BCUT2D eigenvalue weighted by Crippen LogP contribution is -2.29. The van der Waals surface area contributed by atoms with Crippen LogP contribution in [0.5, 0.6) is 0 Å². The fourth-order valence-corrected chi connectivity index (χ4v) is 2.26. The molecule has 1 saturated heterocycles. The first-order valence-corrected chi connectivity index (χ1v) is 6.09. The van der Waals surface area contributed by atoms with E-state index in [1.54, 1.807) is 0 Å².